The Morgan fingerprint density at radius 2 is 1.76 bits per heavy atom. The number of carbonyl (C=O) groups excluding carboxylic acids is 1. The molecule has 0 bridgehead atoms. The SMILES string of the molecule is COc1cc2nccc(Oc3ccc(CC(=O)c4cn(C)c(C)c(-c5ccc(F)cc5)c4=O)cc3Cl)c2nc1OC. The fourth-order valence-electron chi connectivity index (χ4n) is 4.50. The molecule has 41 heavy (non-hydrogen) atoms. The predicted octanol–water partition coefficient (Wildman–Crippen LogP) is 6.33. The Morgan fingerprint density at radius 3 is 2.44 bits per heavy atom. The van der Waals surface area contributed by atoms with E-state index in [0.29, 0.717) is 50.7 Å². The summed E-state index contributed by atoms with van der Waals surface area (Å²) >= 11 is 6.55. The van der Waals surface area contributed by atoms with Gasteiger partial charge in [-0.3, -0.25) is 14.6 Å². The molecule has 2 aromatic carbocycles. The van der Waals surface area contributed by atoms with Crippen LogP contribution in [0.4, 0.5) is 4.39 Å². The van der Waals surface area contributed by atoms with Crippen molar-refractivity contribution >= 4 is 28.4 Å². The fraction of sp³-hybridized carbons (Fsp3) is 0.161. The molecule has 0 atom stereocenters. The minimum absolute atomic E-state index is 0.0348. The van der Waals surface area contributed by atoms with Gasteiger partial charge in [-0.1, -0.05) is 29.8 Å². The lowest BCUT2D eigenvalue weighted by Gasteiger charge is -2.14. The fourth-order valence-corrected chi connectivity index (χ4v) is 4.74. The number of rotatable bonds is 8. The third-order valence-electron chi connectivity index (χ3n) is 6.72. The molecule has 0 radical (unpaired) electrons. The maximum atomic E-state index is 13.5. The number of fused-ring (bicyclic) bond motifs is 1. The van der Waals surface area contributed by atoms with Gasteiger partial charge in [0.15, 0.2) is 22.7 Å². The van der Waals surface area contributed by atoms with E-state index in [-0.39, 0.29) is 28.7 Å². The van der Waals surface area contributed by atoms with Crippen LogP contribution in [0.25, 0.3) is 22.2 Å². The lowest BCUT2D eigenvalue weighted by Crippen LogP contribution is -2.22. The summed E-state index contributed by atoms with van der Waals surface area (Å²) in [6.45, 7) is 1.78. The number of aryl methyl sites for hydroxylation is 1. The maximum absolute atomic E-state index is 13.5. The van der Waals surface area contributed by atoms with Gasteiger partial charge in [0.1, 0.15) is 17.1 Å². The van der Waals surface area contributed by atoms with Gasteiger partial charge >= 0.3 is 0 Å². The molecule has 0 amide bonds. The number of hydrogen-bond donors (Lipinski definition) is 0. The summed E-state index contributed by atoms with van der Waals surface area (Å²) in [5, 5.41) is 0.268. The molecule has 0 unspecified atom stereocenters. The average Bonchev–Trinajstić information content (AvgIpc) is 2.96. The Morgan fingerprint density at radius 1 is 1.00 bits per heavy atom. The van der Waals surface area contributed by atoms with Gasteiger partial charge in [0, 0.05) is 49.3 Å². The summed E-state index contributed by atoms with van der Waals surface area (Å²) in [7, 11) is 4.75. The number of benzene rings is 2. The van der Waals surface area contributed by atoms with Gasteiger partial charge in [-0.2, -0.15) is 0 Å². The number of nitrogens with zero attached hydrogens (tertiary/aromatic N) is 3. The average molecular weight is 574 g/mol. The topological polar surface area (TPSA) is 92.5 Å². The monoisotopic (exact) mass is 573 g/mol. The first-order valence-corrected chi connectivity index (χ1v) is 12.9. The van der Waals surface area contributed by atoms with Crippen molar-refractivity contribution in [3.63, 3.8) is 0 Å². The van der Waals surface area contributed by atoms with E-state index in [1.165, 1.54) is 44.7 Å². The molecule has 0 saturated carbocycles. The molecule has 0 aliphatic rings. The third-order valence-corrected chi connectivity index (χ3v) is 7.02. The largest absolute Gasteiger partial charge is 0.491 e. The Kier molecular flexibility index (Phi) is 7.72. The van der Waals surface area contributed by atoms with E-state index in [0.717, 1.165) is 0 Å². The van der Waals surface area contributed by atoms with E-state index in [2.05, 4.69) is 9.97 Å². The number of ether oxygens (including phenoxy) is 3. The zero-order chi connectivity index (χ0) is 29.3. The first kappa shape index (κ1) is 27.8. The van der Waals surface area contributed by atoms with E-state index < -0.39 is 11.2 Å². The first-order chi connectivity index (χ1) is 19.7. The summed E-state index contributed by atoms with van der Waals surface area (Å²) in [5.74, 6) is 0.680. The van der Waals surface area contributed by atoms with Crippen molar-refractivity contribution < 1.29 is 23.4 Å². The highest BCUT2D eigenvalue weighted by Crippen LogP contribution is 2.36. The lowest BCUT2D eigenvalue weighted by molar-refractivity contribution is 0.0991. The molecule has 8 nitrogen and oxygen atoms in total. The van der Waals surface area contributed by atoms with Crippen molar-refractivity contribution in [2.75, 3.05) is 14.2 Å². The zero-order valence-corrected chi connectivity index (χ0v) is 23.5. The summed E-state index contributed by atoms with van der Waals surface area (Å²) in [5.41, 5.74) is 2.77. The van der Waals surface area contributed by atoms with Crippen LogP contribution in [-0.4, -0.2) is 34.5 Å². The van der Waals surface area contributed by atoms with Crippen LogP contribution in [0.2, 0.25) is 5.02 Å². The van der Waals surface area contributed by atoms with Crippen molar-refractivity contribution in [1.82, 2.24) is 14.5 Å². The van der Waals surface area contributed by atoms with Gasteiger partial charge < -0.3 is 18.8 Å². The van der Waals surface area contributed by atoms with Crippen LogP contribution in [0.3, 0.4) is 0 Å². The van der Waals surface area contributed by atoms with Crippen LogP contribution in [0.5, 0.6) is 23.1 Å². The molecule has 0 spiro atoms. The number of pyridine rings is 3. The summed E-state index contributed by atoms with van der Waals surface area (Å²) in [4.78, 5) is 35.5. The van der Waals surface area contributed by atoms with Crippen molar-refractivity contribution in [3.05, 3.63) is 105 Å². The summed E-state index contributed by atoms with van der Waals surface area (Å²) in [6.07, 6.45) is 3.04. The van der Waals surface area contributed by atoms with Crippen molar-refractivity contribution in [2.24, 2.45) is 7.05 Å². The molecule has 5 rings (SSSR count). The molecular formula is C31H25ClFN3O5. The molecule has 3 heterocycles. The standard InChI is InChI=1S/C31H25ClFN3O5/c1-17-28(19-6-8-20(33)9-7-19)30(38)21(16-36(17)2)24(37)14-18-5-10-25(22(32)13-18)41-26-11-12-34-23-15-27(39-3)31(40-4)35-29(23)26/h5-13,15-16H,14H2,1-4H3. The molecular weight excluding hydrogens is 549 g/mol. The highest BCUT2D eigenvalue weighted by Gasteiger charge is 2.20. The summed E-state index contributed by atoms with van der Waals surface area (Å²) in [6, 6.07) is 13.9. The third kappa shape index (κ3) is 5.49. The number of carbonyl (C=O) groups is 1. The molecule has 5 aromatic rings. The lowest BCUT2D eigenvalue weighted by atomic mass is 9.97. The molecule has 0 aliphatic carbocycles. The highest BCUT2D eigenvalue weighted by atomic mass is 35.5. The van der Waals surface area contributed by atoms with Gasteiger partial charge in [-0.05, 0) is 42.3 Å². The van der Waals surface area contributed by atoms with Crippen molar-refractivity contribution in [1.29, 1.82) is 0 Å². The normalized spacial score (nSPS) is 11.0. The van der Waals surface area contributed by atoms with Gasteiger partial charge in [0.25, 0.3) is 5.88 Å². The van der Waals surface area contributed by atoms with Crippen LogP contribution in [0.15, 0.2) is 71.8 Å². The number of ketones is 1. The van der Waals surface area contributed by atoms with E-state index in [1.807, 2.05) is 0 Å². The van der Waals surface area contributed by atoms with Crippen LogP contribution in [0.1, 0.15) is 21.6 Å². The van der Waals surface area contributed by atoms with E-state index in [1.54, 1.807) is 55.1 Å². The van der Waals surface area contributed by atoms with Gasteiger partial charge in [-0.25, -0.2) is 9.37 Å². The van der Waals surface area contributed by atoms with Gasteiger partial charge in [-0.15, -0.1) is 0 Å². The molecule has 0 N–H and O–H groups in total. The predicted molar refractivity (Wildman–Crippen MR) is 154 cm³/mol. The minimum Gasteiger partial charge on any atom is -0.491 e. The van der Waals surface area contributed by atoms with Crippen molar-refractivity contribution in [3.8, 4) is 34.3 Å². The molecule has 0 saturated heterocycles. The summed E-state index contributed by atoms with van der Waals surface area (Å²) < 4.78 is 31.9. The molecule has 208 valence electrons. The van der Waals surface area contributed by atoms with E-state index >= 15 is 0 Å². The van der Waals surface area contributed by atoms with Crippen LogP contribution < -0.4 is 19.6 Å². The number of halogens is 2. The number of aromatic nitrogens is 3. The molecule has 10 heteroatoms. The van der Waals surface area contributed by atoms with E-state index in [4.69, 9.17) is 25.8 Å². The van der Waals surface area contributed by atoms with Crippen LogP contribution >= 0.6 is 11.6 Å². The Hall–Kier alpha value is -4.76. The second kappa shape index (κ2) is 11.4. The molecule has 3 aromatic heterocycles. The van der Waals surface area contributed by atoms with Gasteiger partial charge in [0.05, 0.1) is 30.3 Å². The first-order valence-electron chi connectivity index (χ1n) is 12.5. The zero-order valence-electron chi connectivity index (χ0n) is 22.7. The quantitative estimate of drug-likeness (QED) is 0.200. The minimum atomic E-state index is -0.410. The highest BCUT2D eigenvalue weighted by molar-refractivity contribution is 6.32. The molecule has 0 aliphatic heterocycles. The number of hydrogen-bond acceptors (Lipinski definition) is 7. The van der Waals surface area contributed by atoms with E-state index in [9.17, 15) is 14.0 Å². The van der Waals surface area contributed by atoms with Gasteiger partial charge in [0.2, 0.25) is 0 Å². The van der Waals surface area contributed by atoms with Crippen LogP contribution in [-0.2, 0) is 13.5 Å². The second-order valence-electron chi connectivity index (χ2n) is 9.29. The molecule has 0 fully saturated rings. The Bertz CT molecular complexity index is 1850. The Labute approximate surface area is 239 Å². The second-order valence-corrected chi connectivity index (χ2v) is 9.70. The maximum Gasteiger partial charge on any atom is 0.257 e. The smallest absolute Gasteiger partial charge is 0.257 e. The number of methoxy groups -OCH3 is 2. The van der Waals surface area contributed by atoms with Crippen molar-refractivity contribution in [2.45, 2.75) is 13.3 Å². The van der Waals surface area contributed by atoms with Crippen LogP contribution in [0, 0.1) is 12.7 Å². The number of Topliss-reactive ketones (excluding diaryl/α,β-unsaturated/α-hetero) is 1. The Balaban J connectivity index is 1.42.